The molecule has 0 amide bonds. The molecule has 0 aliphatic carbocycles. The molecule has 0 bridgehead atoms. The van der Waals surface area contributed by atoms with Gasteiger partial charge in [-0.25, -0.2) is 0 Å². The Morgan fingerprint density at radius 1 is 0.829 bits per heavy atom. The smallest absolute Gasteiger partial charge is 0.298 e. The predicted molar refractivity (Wildman–Crippen MR) is 132 cm³/mol. The van der Waals surface area contributed by atoms with E-state index >= 15 is 0 Å². The average Bonchev–Trinajstić information content (AvgIpc) is 2.85. The van der Waals surface area contributed by atoms with Gasteiger partial charge in [-0.05, 0) is 30.2 Å². The number of halogens is 3. The number of Topliss-reactive ketones (excluding diaryl/α,β-unsaturated/α-hetero) is 1. The molecular formula is C28H23ClF2N2O2. The molecule has 1 heterocycles. The summed E-state index contributed by atoms with van der Waals surface area (Å²) in [5, 5.41) is 9.91. The SMILES string of the molecule is CC(O)C(F)(F)c1ccc(CC(=O)Cc2ccc(-c3nccnc3-c3ccc(Cl)cc3)cc2)cc1. The molecule has 0 saturated carbocycles. The first-order valence-electron chi connectivity index (χ1n) is 11.1. The maximum atomic E-state index is 13.9. The molecular weight excluding hydrogens is 470 g/mol. The molecule has 4 aromatic rings. The number of benzene rings is 3. The third kappa shape index (κ3) is 5.78. The fourth-order valence-electron chi connectivity index (χ4n) is 3.75. The van der Waals surface area contributed by atoms with Crippen LogP contribution in [-0.4, -0.2) is 27.0 Å². The Morgan fingerprint density at radius 2 is 1.26 bits per heavy atom. The topological polar surface area (TPSA) is 63.1 Å². The molecule has 1 aromatic heterocycles. The van der Waals surface area contributed by atoms with Gasteiger partial charge in [-0.3, -0.25) is 14.8 Å². The molecule has 0 spiro atoms. The number of carbonyl (C=O) groups is 1. The van der Waals surface area contributed by atoms with Gasteiger partial charge in [0, 0.05) is 46.9 Å². The minimum atomic E-state index is -3.33. The number of hydrogen-bond acceptors (Lipinski definition) is 4. The van der Waals surface area contributed by atoms with Gasteiger partial charge in [-0.1, -0.05) is 72.3 Å². The van der Waals surface area contributed by atoms with Crippen molar-refractivity contribution in [1.29, 1.82) is 0 Å². The second-order valence-corrected chi connectivity index (χ2v) is 8.78. The Labute approximate surface area is 207 Å². The number of ketones is 1. The van der Waals surface area contributed by atoms with Crippen molar-refractivity contribution in [3.63, 3.8) is 0 Å². The molecule has 0 fully saturated rings. The van der Waals surface area contributed by atoms with Crippen molar-refractivity contribution in [2.24, 2.45) is 0 Å². The highest BCUT2D eigenvalue weighted by molar-refractivity contribution is 6.30. The first-order chi connectivity index (χ1) is 16.7. The third-order valence-corrected chi connectivity index (χ3v) is 5.96. The highest BCUT2D eigenvalue weighted by atomic mass is 35.5. The van der Waals surface area contributed by atoms with Crippen LogP contribution in [0.2, 0.25) is 5.02 Å². The van der Waals surface area contributed by atoms with Gasteiger partial charge in [0.05, 0.1) is 11.4 Å². The zero-order valence-electron chi connectivity index (χ0n) is 19.0. The van der Waals surface area contributed by atoms with E-state index in [9.17, 15) is 18.7 Å². The maximum absolute atomic E-state index is 13.9. The number of aromatic nitrogens is 2. The minimum absolute atomic E-state index is 0.0332. The summed E-state index contributed by atoms with van der Waals surface area (Å²) in [5.74, 6) is -3.37. The van der Waals surface area contributed by atoms with Crippen molar-refractivity contribution >= 4 is 17.4 Å². The number of rotatable bonds is 8. The van der Waals surface area contributed by atoms with Crippen molar-refractivity contribution in [3.05, 3.63) is 107 Å². The van der Waals surface area contributed by atoms with Gasteiger partial charge in [0.1, 0.15) is 11.9 Å². The largest absolute Gasteiger partial charge is 0.387 e. The normalized spacial score (nSPS) is 12.4. The molecule has 0 aliphatic heterocycles. The number of aliphatic hydroxyl groups is 1. The monoisotopic (exact) mass is 492 g/mol. The summed E-state index contributed by atoms with van der Waals surface area (Å²) in [5.41, 5.74) is 4.43. The Bertz CT molecular complexity index is 1310. The maximum Gasteiger partial charge on any atom is 0.298 e. The number of nitrogens with zero attached hydrogens (tertiary/aromatic N) is 2. The van der Waals surface area contributed by atoms with Crippen molar-refractivity contribution in [1.82, 2.24) is 9.97 Å². The quantitative estimate of drug-likeness (QED) is 0.314. The molecule has 0 aliphatic rings. The number of carbonyl (C=O) groups excluding carboxylic acids is 1. The van der Waals surface area contributed by atoms with Crippen LogP contribution in [0.25, 0.3) is 22.5 Å². The van der Waals surface area contributed by atoms with Gasteiger partial charge in [0.15, 0.2) is 0 Å². The summed E-state index contributed by atoms with van der Waals surface area (Å²) in [6.07, 6.45) is 1.83. The number of aliphatic hydroxyl groups excluding tert-OH is 1. The summed E-state index contributed by atoms with van der Waals surface area (Å²) in [6.45, 7) is 1.05. The molecule has 0 radical (unpaired) electrons. The summed E-state index contributed by atoms with van der Waals surface area (Å²) in [7, 11) is 0. The molecule has 178 valence electrons. The van der Waals surface area contributed by atoms with Crippen LogP contribution in [0.1, 0.15) is 23.6 Å². The Balaban J connectivity index is 1.44. The van der Waals surface area contributed by atoms with Gasteiger partial charge < -0.3 is 5.11 Å². The predicted octanol–water partition coefficient (Wildman–Crippen LogP) is 6.29. The first kappa shape index (κ1) is 24.6. The lowest BCUT2D eigenvalue weighted by molar-refractivity contribution is -0.117. The van der Waals surface area contributed by atoms with Crippen LogP contribution in [-0.2, 0) is 23.6 Å². The first-order valence-corrected chi connectivity index (χ1v) is 11.4. The molecule has 1 atom stereocenters. The Kier molecular flexibility index (Phi) is 7.34. The minimum Gasteiger partial charge on any atom is -0.387 e. The summed E-state index contributed by atoms with van der Waals surface area (Å²) < 4.78 is 27.8. The van der Waals surface area contributed by atoms with Crippen molar-refractivity contribution in [3.8, 4) is 22.5 Å². The van der Waals surface area contributed by atoms with Crippen LogP contribution in [0.4, 0.5) is 8.78 Å². The molecule has 35 heavy (non-hydrogen) atoms. The summed E-state index contributed by atoms with van der Waals surface area (Å²) in [6, 6.07) is 20.4. The van der Waals surface area contributed by atoms with Crippen LogP contribution in [0, 0.1) is 0 Å². The molecule has 4 rings (SSSR count). The Hall–Kier alpha value is -3.48. The zero-order valence-corrected chi connectivity index (χ0v) is 19.7. The molecule has 3 aromatic carbocycles. The average molecular weight is 493 g/mol. The van der Waals surface area contributed by atoms with E-state index in [0.717, 1.165) is 35.0 Å². The number of hydrogen-bond donors (Lipinski definition) is 1. The van der Waals surface area contributed by atoms with E-state index in [4.69, 9.17) is 11.6 Å². The van der Waals surface area contributed by atoms with Crippen LogP contribution in [0.5, 0.6) is 0 Å². The van der Waals surface area contributed by atoms with Crippen molar-refractivity contribution in [2.75, 3.05) is 0 Å². The van der Waals surface area contributed by atoms with E-state index in [2.05, 4.69) is 9.97 Å². The Morgan fingerprint density at radius 3 is 1.71 bits per heavy atom. The molecule has 1 unspecified atom stereocenters. The molecule has 0 saturated heterocycles. The van der Waals surface area contributed by atoms with Crippen LogP contribution in [0.15, 0.2) is 85.2 Å². The molecule has 1 N–H and O–H groups in total. The lowest BCUT2D eigenvalue weighted by Crippen LogP contribution is -2.27. The second kappa shape index (κ2) is 10.4. The fraction of sp³-hybridized carbons (Fsp3) is 0.179. The van der Waals surface area contributed by atoms with Gasteiger partial charge in [-0.2, -0.15) is 8.78 Å². The zero-order chi connectivity index (χ0) is 25.0. The molecule has 7 heteroatoms. The van der Waals surface area contributed by atoms with Crippen molar-refractivity contribution < 1.29 is 18.7 Å². The summed E-state index contributed by atoms with van der Waals surface area (Å²) in [4.78, 5) is 21.6. The van der Waals surface area contributed by atoms with E-state index in [0.29, 0.717) is 10.6 Å². The highest BCUT2D eigenvalue weighted by Crippen LogP contribution is 2.32. The van der Waals surface area contributed by atoms with Crippen LogP contribution >= 0.6 is 11.6 Å². The van der Waals surface area contributed by atoms with E-state index < -0.39 is 12.0 Å². The lowest BCUT2D eigenvalue weighted by Gasteiger charge is -2.19. The fourth-order valence-corrected chi connectivity index (χ4v) is 3.88. The van der Waals surface area contributed by atoms with E-state index in [-0.39, 0.29) is 24.2 Å². The van der Waals surface area contributed by atoms with Gasteiger partial charge in [-0.15, -0.1) is 0 Å². The molecule has 4 nitrogen and oxygen atoms in total. The van der Waals surface area contributed by atoms with Crippen molar-refractivity contribution in [2.45, 2.75) is 31.8 Å². The van der Waals surface area contributed by atoms with Gasteiger partial charge >= 0.3 is 0 Å². The lowest BCUT2D eigenvalue weighted by atomic mass is 9.98. The van der Waals surface area contributed by atoms with E-state index in [1.165, 1.54) is 24.3 Å². The third-order valence-electron chi connectivity index (χ3n) is 5.71. The van der Waals surface area contributed by atoms with Gasteiger partial charge in [0.25, 0.3) is 5.92 Å². The second-order valence-electron chi connectivity index (χ2n) is 8.35. The van der Waals surface area contributed by atoms with Crippen LogP contribution in [0.3, 0.4) is 0 Å². The van der Waals surface area contributed by atoms with E-state index in [1.54, 1.807) is 24.5 Å². The highest BCUT2D eigenvalue weighted by Gasteiger charge is 2.37. The van der Waals surface area contributed by atoms with Crippen LogP contribution < -0.4 is 0 Å². The summed E-state index contributed by atoms with van der Waals surface area (Å²) >= 11 is 6.00. The van der Waals surface area contributed by atoms with E-state index in [1.807, 2.05) is 36.4 Å². The van der Waals surface area contributed by atoms with Gasteiger partial charge in [0.2, 0.25) is 0 Å². The number of alkyl halides is 2. The standard InChI is InChI=1S/C28H23ClF2N2O2/c1-18(34)28(30,31)23-10-4-20(5-11-23)17-25(35)16-19-2-6-21(7-3-19)26-27(33-15-14-32-26)22-8-12-24(29)13-9-22/h2-15,18,34H,16-17H2,1H3.